The molecule has 0 heterocycles. The Balaban J connectivity index is 2.50. The maximum absolute atomic E-state index is 12.2. The van der Waals surface area contributed by atoms with Crippen molar-refractivity contribution < 1.29 is 13.5 Å². The fourth-order valence-corrected chi connectivity index (χ4v) is 1.85. The van der Waals surface area contributed by atoms with Gasteiger partial charge >= 0.3 is 6.61 Å². The average Bonchev–Trinajstić information content (AvgIpc) is 2.36. The van der Waals surface area contributed by atoms with Crippen LogP contribution in [0.5, 0.6) is 5.75 Å². The minimum Gasteiger partial charge on any atom is -0.434 e. The van der Waals surface area contributed by atoms with Crippen LogP contribution in [-0.2, 0) is 6.54 Å². The van der Waals surface area contributed by atoms with E-state index < -0.39 is 6.61 Å². The van der Waals surface area contributed by atoms with Gasteiger partial charge in [0.2, 0.25) is 0 Å². The highest BCUT2D eigenvalue weighted by Gasteiger charge is 2.09. The molecule has 0 amide bonds. The predicted molar refractivity (Wildman–Crippen MR) is 68.9 cm³/mol. The minimum atomic E-state index is -2.77. The van der Waals surface area contributed by atoms with Crippen molar-refractivity contribution in [3.63, 3.8) is 0 Å². The Bertz CT molecular complexity index is 340. The van der Waals surface area contributed by atoms with Crippen LogP contribution in [0.25, 0.3) is 0 Å². The molecule has 0 aromatic heterocycles. The molecule has 1 rings (SSSR count). The number of alkyl halides is 2. The molecular weight excluding hydrogens is 236 g/mol. The molecule has 0 atom stereocenters. The minimum absolute atomic E-state index is 0.254. The number of ether oxygens (including phenoxy) is 1. The molecule has 0 saturated heterocycles. The maximum Gasteiger partial charge on any atom is 0.387 e. The summed E-state index contributed by atoms with van der Waals surface area (Å²) in [6, 6.07) is 6.90. The molecule has 1 aromatic carbocycles. The molecule has 0 bridgehead atoms. The average molecular weight is 257 g/mol. The van der Waals surface area contributed by atoms with Crippen LogP contribution in [0.4, 0.5) is 8.78 Å². The lowest BCUT2D eigenvalue weighted by Gasteiger charge is -2.15. The van der Waals surface area contributed by atoms with Gasteiger partial charge in [-0.15, -0.1) is 0 Å². The standard InChI is InChI=1S/C14H21F2NO/c1-3-11(4-2)9-17-10-12-7-5-6-8-13(12)18-14(15)16/h5-8,11,14,17H,3-4,9-10H2,1-2H3. The van der Waals surface area contributed by atoms with Crippen LogP contribution in [0.1, 0.15) is 32.3 Å². The van der Waals surface area contributed by atoms with E-state index in [1.54, 1.807) is 18.2 Å². The van der Waals surface area contributed by atoms with Gasteiger partial charge in [-0.3, -0.25) is 0 Å². The van der Waals surface area contributed by atoms with Crippen molar-refractivity contribution in [2.24, 2.45) is 5.92 Å². The largest absolute Gasteiger partial charge is 0.434 e. The third kappa shape index (κ3) is 5.00. The van der Waals surface area contributed by atoms with Gasteiger partial charge in [-0.1, -0.05) is 44.9 Å². The highest BCUT2D eigenvalue weighted by atomic mass is 19.3. The van der Waals surface area contributed by atoms with Gasteiger partial charge in [0.05, 0.1) is 0 Å². The van der Waals surface area contributed by atoms with E-state index in [2.05, 4.69) is 23.9 Å². The Morgan fingerprint density at radius 1 is 1.17 bits per heavy atom. The third-order valence-electron chi connectivity index (χ3n) is 3.09. The summed E-state index contributed by atoms with van der Waals surface area (Å²) in [6.07, 6.45) is 2.25. The number of benzene rings is 1. The van der Waals surface area contributed by atoms with Crippen LogP contribution in [0.2, 0.25) is 0 Å². The lowest BCUT2D eigenvalue weighted by Crippen LogP contribution is -2.22. The van der Waals surface area contributed by atoms with Crippen molar-refractivity contribution in [3.8, 4) is 5.75 Å². The van der Waals surface area contributed by atoms with Gasteiger partial charge in [-0.05, 0) is 18.5 Å². The first-order valence-corrected chi connectivity index (χ1v) is 6.40. The van der Waals surface area contributed by atoms with Crippen LogP contribution >= 0.6 is 0 Å². The van der Waals surface area contributed by atoms with Gasteiger partial charge in [0, 0.05) is 12.1 Å². The van der Waals surface area contributed by atoms with Crippen LogP contribution in [0.3, 0.4) is 0 Å². The number of rotatable bonds is 8. The molecule has 0 aliphatic carbocycles. The fourth-order valence-electron chi connectivity index (χ4n) is 1.85. The molecule has 2 nitrogen and oxygen atoms in total. The molecule has 1 aromatic rings. The molecule has 0 aliphatic rings. The van der Waals surface area contributed by atoms with E-state index in [9.17, 15) is 8.78 Å². The summed E-state index contributed by atoms with van der Waals surface area (Å²) in [5, 5.41) is 3.29. The first-order chi connectivity index (χ1) is 8.67. The van der Waals surface area contributed by atoms with Crippen LogP contribution in [0.15, 0.2) is 24.3 Å². The van der Waals surface area contributed by atoms with E-state index in [1.165, 1.54) is 0 Å². The van der Waals surface area contributed by atoms with Gasteiger partial charge in [0.1, 0.15) is 5.75 Å². The third-order valence-corrected chi connectivity index (χ3v) is 3.09. The molecule has 0 aliphatic heterocycles. The predicted octanol–water partition coefficient (Wildman–Crippen LogP) is 3.81. The molecule has 0 spiro atoms. The van der Waals surface area contributed by atoms with Gasteiger partial charge < -0.3 is 10.1 Å². The van der Waals surface area contributed by atoms with E-state index in [4.69, 9.17) is 0 Å². The zero-order valence-corrected chi connectivity index (χ0v) is 11.0. The van der Waals surface area contributed by atoms with Crippen molar-refractivity contribution in [2.75, 3.05) is 6.54 Å². The van der Waals surface area contributed by atoms with Crippen LogP contribution in [0, 0.1) is 5.92 Å². The van der Waals surface area contributed by atoms with Crippen molar-refractivity contribution >= 4 is 0 Å². The van der Waals surface area contributed by atoms with E-state index >= 15 is 0 Å². The normalized spacial score (nSPS) is 11.2. The Morgan fingerprint density at radius 3 is 2.44 bits per heavy atom. The summed E-state index contributed by atoms with van der Waals surface area (Å²) in [5.41, 5.74) is 0.767. The molecular formula is C14H21F2NO. The van der Waals surface area contributed by atoms with Gasteiger partial charge in [-0.2, -0.15) is 8.78 Å². The molecule has 0 saturated carbocycles. The number of nitrogens with one attached hydrogen (secondary N) is 1. The lowest BCUT2D eigenvalue weighted by molar-refractivity contribution is -0.0505. The number of para-hydroxylation sites is 1. The van der Waals surface area contributed by atoms with Crippen molar-refractivity contribution in [1.82, 2.24) is 5.32 Å². The molecule has 0 fully saturated rings. The molecule has 102 valence electrons. The molecule has 0 radical (unpaired) electrons. The summed E-state index contributed by atoms with van der Waals surface area (Å²) < 4.78 is 28.9. The molecule has 4 heteroatoms. The van der Waals surface area contributed by atoms with Crippen molar-refractivity contribution in [3.05, 3.63) is 29.8 Å². The second-order valence-corrected chi connectivity index (χ2v) is 4.30. The Kier molecular flexibility index (Phi) is 6.65. The Hall–Kier alpha value is -1.16. The highest BCUT2D eigenvalue weighted by Crippen LogP contribution is 2.20. The summed E-state index contributed by atoms with van der Waals surface area (Å²) in [7, 11) is 0. The number of hydrogen-bond donors (Lipinski definition) is 1. The van der Waals surface area contributed by atoms with E-state index in [0.29, 0.717) is 12.5 Å². The van der Waals surface area contributed by atoms with Gasteiger partial charge in [0.25, 0.3) is 0 Å². The topological polar surface area (TPSA) is 21.3 Å². The molecule has 18 heavy (non-hydrogen) atoms. The van der Waals surface area contributed by atoms with E-state index in [-0.39, 0.29) is 5.75 Å². The summed E-state index contributed by atoms with van der Waals surface area (Å²) >= 11 is 0. The van der Waals surface area contributed by atoms with Crippen LogP contribution < -0.4 is 10.1 Å². The van der Waals surface area contributed by atoms with Crippen LogP contribution in [-0.4, -0.2) is 13.2 Å². The Labute approximate surface area is 107 Å². The zero-order valence-electron chi connectivity index (χ0n) is 11.0. The summed E-state index contributed by atoms with van der Waals surface area (Å²) in [6.45, 7) is 2.99. The maximum atomic E-state index is 12.2. The summed E-state index contributed by atoms with van der Waals surface area (Å²) in [4.78, 5) is 0. The smallest absolute Gasteiger partial charge is 0.387 e. The summed E-state index contributed by atoms with van der Waals surface area (Å²) in [5.74, 6) is 0.887. The van der Waals surface area contributed by atoms with Crippen molar-refractivity contribution in [1.29, 1.82) is 0 Å². The highest BCUT2D eigenvalue weighted by molar-refractivity contribution is 5.33. The fraction of sp³-hybridized carbons (Fsp3) is 0.571. The molecule has 0 unspecified atom stereocenters. The monoisotopic (exact) mass is 257 g/mol. The number of hydrogen-bond acceptors (Lipinski definition) is 2. The quantitative estimate of drug-likeness (QED) is 0.764. The molecule has 1 N–H and O–H groups in total. The van der Waals surface area contributed by atoms with Gasteiger partial charge in [-0.25, -0.2) is 0 Å². The van der Waals surface area contributed by atoms with E-state index in [1.807, 2.05) is 6.07 Å². The van der Waals surface area contributed by atoms with Gasteiger partial charge in [0.15, 0.2) is 0 Å². The van der Waals surface area contributed by atoms with E-state index in [0.717, 1.165) is 24.9 Å². The number of halogens is 2. The second-order valence-electron chi connectivity index (χ2n) is 4.30. The lowest BCUT2D eigenvalue weighted by atomic mass is 10.0. The Morgan fingerprint density at radius 2 is 1.83 bits per heavy atom. The first-order valence-electron chi connectivity index (χ1n) is 6.40. The SMILES string of the molecule is CCC(CC)CNCc1ccccc1OC(F)F. The first kappa shape index (κ1) is 14.9. The van der Waals surface area contributed by atoms with Crippen molar-refractivity contribution in [2.45, 2.75) is 39.8 Å². The second kappa shape index (κ2) is 8.03. The zero-order chi connectivity index (χ0) is 13.4.